The van der Waals surface area contributed by atoms with Gasteiger partial charge in [-0.25, -0.2) is 0 Å². The van der Waals surface area contributed by atoms with Crippen LogP contribution in [0.15, 0.2) is 66.7 Å². The van der Waals surface area contributed by atoms with E-state index in [0.29, 0.717) is 0 Å². The predicted molar refractivity (Wildman–Crippen MR) is 67.1 cm³/mol. The third-order valence-electron chi connectivity index (χ3n) is 2.10. The highest BCUT2D eigenvalue weighted by Gasteiger charge is 2.16. The molecular weight excluding hydrogens is 183 g/mol. The highest BCUT2D eigenvalue weighted by Crippen LogP contribution is 2.02. The normalized spacial score (nSPS) is 11.7. The maximum Gasteiger partial charge on any atom is 0.358 e. The molecule has 1 rings (SSSR count). The molecule has 0 bridgehead atoms. The molecule has 15 heavy (non-hydrogen) atoms. The van der Waals surface area contributed by atoms with E-state index in [2.05, 4.69) is 6.58 Å². The number of rotatable bonds is 4. The number of hydrogen-bond acceptors (Lipinski definition) is 1. The fraction of sp³-hybridized carbons (Fsp3) is 0.0769. The van der Waals surface area contributed by atoms with Crippen molar-refractivity contribution in [3.05, 3.63) is 66.7 Å². The Hall–Kier alpha value is -1.54. The van der Waals surface area contributed by atoms with Crippen LogP contribution in [0.3, 0.4) is 0 Å². The predicted octanol–water partition coefficient (Wildman–Crippen LogP) is 2.11. The molecule has 0 atom stereocenters. The van der Waals surface area contributed by atoms with E-state index in [9.17, 15) is 5.02 Å². The summed E-state index contributed by atoms with van der Waals surface area (Å²) in [5.41, 5.74) is 1.74. The zero-order valence-corrected chi connectivity index (χ0v) is 8.93. The van der Waals surface area contributed by atoms with Crippen molar-refractivity contribution in [2.24, 2.45) is 0 Å². The summed E-state index contributed by atoms with van der Waals surface area (Å²) in [6.45, 7) is 4.98. The Bertz CT molecular complexity index is 365. The lowest BCUT2D eigenvalue weighted by Crippen LogP contribution is -2.31. The van der Waals surface area contributed by atoms with Crippen molar-refractivity contribution in [2.45, 2.75) is 6.92 Å². The highest BCUT2D eigenvalue weighted by molar-refractivity contribution is 6.73. The molecule has 0 heterocycles. The molecule has 1 N–H and O–H groups in total. The molecule has 1 aromatic carbocycles. The van der Waals surface area contributed by atoms with E-state index in [0.717, 1.165) is 10.9 Å². The van der Waals surface area contributed by atoms with Crippen LogP contribution in [-0.4, -0.2) is 11.9 Å². The van der Waals surface area contributed by atoms with Crippen molar-refractivity contribution in [2.75, 3.05) is 0 Å². The summed E-state index contributed by atoms with van der Waals surface area (Å²) in [4.78, 5) is 0. The van der Waals surface area contributed by atoms with Crippen molar-refractivity contribution >= 4 is 12.4 Å². The zero-order chi connectivity index (χ0) is 11.1. The van der Waals surface area contributed by atoms with E-state index in [1.54, 1.807) is 6.08 Å². The molecule has 0 aliphatic carbocycles. The average Bonchev–Trinajstić information content (AvgIpc) is 2.29. The monoisotopic (exact) mass is 198 g/mol. The summed E-state index contributed by atoms with van der Waals surface area (Å²) in [6, 6.07) is 9.58. The van der Waals surface area contributed by atoms with Gasteiger partial charge in [-0.2, -0.15) is 0 Å². The van der Waals surface area contributed by atoms with Gasteiger partial charge in [0.1, 0.15) is 0 Å². The average molecular weight is 198 g/mol. The Morgan fingerprint density at radius 2 is 2.00 bits per heavy atom. The second-order valence-electron chi connectivity index (χ2n) is 3.22. The van der Waals surface area contributed by atoms with Crippen LogP contribution in [-0.2, 0) is 0 Å². The second-order valence-corrected chi connectivity index (χ2v) is 3.22. The lowest BCUT2D eigenvalue weighted by molar-refractivity contribution is 0.596. The fourth-order valence-corrected chi connectivity index (χ4v) is 1.39. The first-order valence-corrected chi connectivity index (χ1v) is 4.98. The van der Waals surface area contributed by atoms with Crippen molar-refractivity contribution < 1.29 is 5.02 Å². The molecule has 0 radical (unpaired) electrons. The maximum atomic E-state index is 10.1. The van der Waals surface area contributed by atoms with Gasteiger partial charge in [-0.05, 0) is 17.9 Å². The van der Waals surface area contributed by atoms with Gasteiger partial charge in [0.25, 0.3) is 0 Å². The molecule has 0 aromatic heterocycles. The van der Waals surface area contributed by atoms with Gasteiger partial charge in [-0.15, -0.1) is 0 Å². The lowest BCUT2D eigenvalue weighted by atomic mass is 9.55. The molecule has 0 aliphatic rings. The Morgan fingerprint density at radius 3 is 2.53 bits per heavy atom. The first kappa shape index (κ1) is 11.5. The first-order valence-electron chi connectivity index (χ1n) is 4.98. The molecule has 76 valence electrons. The smallest absolute Gasteiger partial charge is 0.358 e. The van der Waals surface area contributed by atoms with Gasteiger partial charge in [-0.1, -0.05) is 61.2 Å². The summed E-state index contributed by atoms with van der Waals surface area (Å²) in [6.07, 6.45) is 7.29. The van der Waals surface area contributed by atoms with Crippen molar-refractivity contribution in [3.63, 3.8) is 0 Å². The lowest BCUT2D eigenvalue weighted by Gasteiger charge is -2.07. The Balaban J connectivity index is 2.96. The summed E-state index contributed by atoms with van der Waals surface area (Å²) in [5.74, 6) is 0. The van der Waals surface area contributed by atoms with Gasteiger partial charge in [0.15, 0.2) is 0 Å². The summed E-state index contributed by atoms with van der Waals surface area (Å²) in [5, 5.41) is 10.1. The van der Waals surface area contributed by atoms with Crippen LogP contribution in [0.4, 0.5) is 0 Å². The van der Waals surface area contributed by atoms with E-state index < -0.39 is 6.92 Å². The summed E-state index contributed by atoms with van der Waals surface area (Å²) < 4.78 is 0. The molecule has 0 spiro atoms. The largest absolute Gasteiger partial charge is 0.443 e. The van der Waals surface area contributed by atoms with Gasteiger partial charge in [0.05, 0.1) is 0 Å². The Morgan fingerprint density at radius 1 is 1.33 bits per heavy atom. The van der Waals surface area contributed by atoms with E-state index in [-0.39, 0.29) is 0 Å². The van der Waals surface area contributed by atoms with Crippen LogP contribution in [0.25, 0.3) is 0 Å². The molecule has 2 heteroatoms. The highest BCUT2D eigenvalue weighted by atomic mass is 16.2. The van der Waals surface area contributed by atoms with Crippen molar-refractivity contribution in [1.82, 2.24) is 0 Å². The van der Waals surface area contributed by atoms with Crippen LogP contribution < -0.4 is 5.46 Å². The van der Waals surface area contributed by atoms with Gasteiger partial charge in [0.2, 0.25) is 0 Å². The second kappa shape index (κ2) is 6.04. The van der Waals surface area contributed by atoms with Crippen molar-refractivity contribution in [1.29, 1.82) is 0 Å². The molecule has 1 aromatic rings. The van der Waals surface area contributed by atoms with E-state index in [1.165, 1.54) is 0 Å². The first-order chi connectivity index (χ1) is 7.29. The minimum absolute atomic E-state index is 0.583. The number of allylic oxidation sites excluding steroid dienone is 5. The molecule has 0 saturated heterocycles. The Labute approximate surface area is 91.6 Å². The van der Waals surface area contributed by atoms with E-state index in [4.69, 9.17) is 0 Å². The summed E-state index contributed by atoms with van der Waals surface area (Å²) >= 11 is 0. The molecule has 0 unspecified atom stereocenters. The van der Waals surface area contributed by atoms with Gasteiger partial charge >= 0.3 is 6.92 Å². The Kier molecular flexibility index (Phi) is 4.65. The van der Waals surface area contributed by atoms with Crippen molar-refractivity contribution in [3.8, 4) is 0 Å². The maximum absolute atomic E-state index is 10.1. The van der Waals surface area contributed by atoms with Crippen LogP contribution in [0.5, 0.6) is 0 Å². The zero-order valence-electron chi connectivity index (χ0n) is 8.93. The summed E-state index contributed by atoms with van der Waals surface area (Å²) in [7, 11) is 0. The third-order valence-corrected chi connectivity index (χ3v) is 2.10. The van der Waals surface area contributed by atoms with Crippen LogP contribution in [0.2, 0.25) is 0 Å². The van der Waals surface area contributed by atoms with Crippen LogP contribution in [0, 0.1) is 0 Å². The fourth-order valence-electron chi connectivity index (χ4n) is 1.39. The van der Waals surface area contributed by atoms with Gasteiger partial charge in [0, 0.05) is 0 Å². The molecule has 1 nitrogen and oxygen atoms in total. The van der Waals surface area contributed by atoms with Crippen LogP contribution >= 0.6 is 0 Å². The molecule has 0 aliphatic heterocycles. The molecular formula is C13H15BO. The van der Waals surface area contributed by atoms with Gasteiger partial charge < -0.3 is 5.02 Å². The number of benzene rings is 1. The van der Waals surface area contributed by atoms with Gasteiger partial charge in [-0.3, -0.25) is 0 Å². The minimum atomic E-state index is -0.583. The molecule has 0 saturated carbocycles. The topological polar surface area (TPSA) is 20.2 Å². The van der Waals surface area contributed by atoms with Crippen LogP contribution in [0.1, 0.15) is 6.92 Å². The number of hydrogen-bond donors (Lipinski definition) is 1. The third kappa shape index (κ3) is 3.26. The van der Waals surface area contributed by atoms with E-state index in [1.807, 2.05) is 55.5 Å². The quantitative estimate of drug-likeness (QED) is 0.580. The SMILES string of the molecule is C=C/C=C(\C=C/C)B(O)c1ccccc1. The molecule has 0 amide bonds. The molecule has 0 fully saturated rings. The van der Waals surface area contributed by atoms with E-state index >= 15 is 0 Å². The standard InChI is InChI=1S/C13H15BO/c1-3-8-12(9-4-2)14(15)13-10-6-5-7-11-13/h3-11,15H,1H2,2H3/b9-4-,12-8+. The minimum Gasteiger partial charge on any atom is -0.443 e.